The molecular formula is C9H12N2OS2. The van der Waals surface area contributed by atoms with Crippen molar-refractivity contribution in [2.75, 3.05) is 12.8 Å². The summed E-state index contributed by atoms with van der Waals surface area (Å²) in [6.45, 7) is 3.20. The molecule has 0 N–H and O–H groups in total. The van der Waals surface area contributed by atoms with Crippen molar-refractivity contribution in [2.24, 2.45) is 0 Å². The van der Waals surface area contributed by atoms with Crippen LogP contribution in [0.2, 0.25) is 0 Å². The Morgan fingerprint density at radius 1 is 1.64 bits per heavy atom. The van der Waals surface area contributed by atoms with Crippen LogP contribution in [0.3, 0.4) is 0 Å². The van der Waals surface area contributed by atoms with Gasteiger partial charge in [0, 0.05) is 24.8 Å². The van der Waals surface area contributed by atoms with Crippen molar-refractivity contribution in [1.29, 1.82) is 0 Å². The van der Waals surface area contributed by atoms with Gasteiger partial charge in [-0.1, -0.05) is 11.8 Å². The summed E-state index contributed by atoms with van der Waals surface area (Å²) >= 11 is 3.39. The lowest BCUT2D eigenvalue weighted by molar-refractivity contribution is -0.129. The molecule has 0 aliphatic carbocycles. The number of rotatable bonds is 1. The van der Waals surface area contributed by atoms with Crippen molar-refractivity contribution in [2.45, 2.75) is 24.2 Å². The van der Waals surface area contributed by atoms with Crippen LogP contribution >= 0.6 is 23.1 Å². The van der Waals surface area contributed by atoms with Gasteiger partial charge < -0.3 is 4.90 Å². The van der Waals surface area contributed by atoms with E-state index in [-0.39, 0.29) is 5.91 Å². The Balaban J connectivity index is 2.21. The van der Waals surface area contributed by atoms with Gasteiger partial charge in [0.15, 0.2) is 0 Å². The number of carbonyl (C=O) groups is 1. The Bertz CT molecular complexity index is 362. The molecule has 0 radical (unpaired) electrons. The van der Waals surface area contributed by atoms with Crippen molar-refractivity contribution >= 4 is 29.0 Å². The van der Waals surface area contributed by atoms with Crippen LogP contribution < -0.4 is 0 Å². The highest BCUT2D eigenvalue weighted by atomic mass is 32.2. The van der Waals surface area contributed by atoms with Gasteiger partial charge in [-0.25, -0.2) is 4.98 Å². The Morgan fingerprint density at radius 3 is 3.07 bits per heavy atom. The fourth-order valence-corrected chi connectivity index (χ4v) is 3.22. The first-order valence-electron chi connectivity index (χ1n) is 4.49. The van der Waals surface area contributed by atoms with Gasteiger partial charge in [-0.3, -0.25) is 4.79 Å². The molecule has 1 amide bonds. The van der Waals surface area contributed by atoms with Crippen molar-refractivity contribution in [3.8, 4) is 0 Å². The minimum absolute atomic E-state index is 0.162. The Kier molecular flexibility index (Phi) is 2.78. The Labute approximate surface area is 91.5 Å². The largest absolute Gasteiger partial charge is 0.337 e. The van der Waals surface area contributed by atoms with Crippen LogP contribution in [0.1, 0.15) is 17.5 Å². The first-order chi connectivity index (χ1) is 6.70. The Morgan fingerprint density at radius 2 is 2.43 bits per heavy atom. The Hall–Kier alpha value is -0.550. The van der Waals surface area contributed by atoms with Gasteiger partial charge in [-0.05, 0) is 6.26 Å². The van der Waals surface area contributed by atoms with E-state index in [0.29, 0.717) is 0 Å². The molecule has 0 saturated heterocycles. The normalized spacial score (nSPS) is 15.4. The summed E-state index contributed by atoms with van der Waals surface area (Å²) in [7, 11) is 0. The van der Waals surface area contributed by atoms with Gasteiger partial charge in [0.25, 0.3) is 0 Å². The molecule has 0 fully saturated rings. The first-order valence-corrected chi connectivity index (χ1v) is 6.53. The predicted octanol–water partition coefficient (Wildman–Crippen LogP) is 1.77. The number of aromatic nitrogens is 1. The third-order valence-electron chi connectivity index (χ3n) is 2.33. The minimum Gasteiger partial charge on any atom is -0.337 e. The molecule has 2 heterocycles. The van der Waals surface area contributed by atoms with Crippen molar-refractivity contribution in [1.82, 2.24) is 9.88 Å². The molecule has 0 atom stereocenters. The number of carbonyl (C=O) groups excluding carboxylic acids is 1. The van der Waals surface area contributed by atoms with Gasteiger partial charge in [0.1, 0.15) is 4.34 Å². The third-order valence-corrected chi connectivity index (χ3v) is 4.40. The van der Waals surface area contributed by atoms with Crippen molar-refractivity contribution in [3.05, 3.63) is 10.6 Å². The maximum absolute atomic E-state index is 11.2. The quantitative estimate of drug-likeness (QED) is 0.687. The van der Waals surface area contributed by atoms with Crippen LogP contribution in [0.25, 0.3) is 0 Å². The highest BCUT2D eigenvalue weighted by Gasteiger charge is 2.21. The zero-order valence-electron chi connectivity index (χ0n) is 8.24. The summed E-state index contributed by atoms with van der Waals surface area (Å²) in [6, 6.07) is 0. The minimum atomic E-state index is 0.162. The fourth-order valence-electron chi connectivity index (χ4n) is 1.53. The maximum Gasteiger partial charge on any atom is 0.219 e. The third kappa shape index (κ3) is 1.79. The van der Waals surface area contributed by atoms with E-state index in [1.54, 1.807) is 30.0 Å². The van der Waals surface area contributed by atoms with E-state index in [2.05, 4.69) is 4.98 Å². The topological polar surface area (TPSA) is 33.2 Å². The summed E-state index contributed by atoms with van der Waals surface area (Å²) < 4.78 is 1.11. The van der Waals surface area contributed by atoms with Crippen LogP contribution in [0, 0.1) is 0 Å². The lowest BCUT2D eigenvalue weighted by Crippen LogP contribution is -2.33. The van der Waals surface area contributed by atoms with Gasteiger partial charge in [-0.15, -0.1) is 11.3 Å². The molecule has 1 aromatic rings. The van der Waals surface area contributed by atoms with E-state index in [0.717, 1.165) is 23.8 Å². The highest BCUT2D eigenvalue weighted by Crippen LogP contribution is 2.29. The molecule has 76 valence electrons. The van der Waals surface area contributed by atoms with Crippen LogP contribution in [-0.2, 0) is 17.8 Å². The summed E-state index contributed by atoms with van der Waals surface area (Å²) in [5.74, 6) is 0.162. The zero-order chi connectivity index (χ0) is 10.1. The van der Waals surface area contributed by atoms with Gasteiger partial charge in [-0.2, -0.15) is 0 Å². The average molecular weight is 228 g/mol. The predicted molar refractivity (Wildman–Crippen MR) is 58.7 cm³/mol. The van der Waals surface area contributed by atoms with Crippen molar-refractivity contribution < 1.29 is 4.79 Å². The number of hydrogen-bond acceptors (Lipinski definition) is 4. The molecule has 0 saturated carbocycles. The lowest BCUT2D eigenvalue weighted by Gasteiger charge is -2.24. The summed E-state index contributed by atoms with van der Waals surface area (Å²) in [6.07, 6.45) is 2.94. The van der Waals surface area contributed by atoms with Crippen LogP contribution in [0.15, 0.2) is 4.34 Å². The molecule has 0 aromatic carbocycles. The van der Waals surface area contributed by atoms with E-state index in [9.17, 15) is 4.79 Å². The molecule has 3 nitrogen and oxygen atoms in total. The molecule has 1 aromatic heterocycles. The van der Waals surface area contributed by atoms with E-state index >= 15 is 0 Å². The molecule has 1 aliphatic heterocycles. The van der Waals surface area contributed by atoms with Crippen LogP contribution in [0.5, 0.6) is 0 Å². The smallest absolute Gasteiger partial charge is 0.219 e. The van der Waals surface area contributed by atoms with Gasteiger partial charge in [0.2, 0.25) is 5.91 Å². The standard InChI is InChI=1S/C9H12N2OS2/c1-6(12)11-4-3-7-8(5-11)14-9(10-7)13-2/h3-5H2,1-2H3. The number of fused-ring (bicyclic) bond motifs is 1. The number of thiazole rings is 1. The summed E-state index contributed by atoms with van der Waals surface area (Å²) in [5, 5.41) is 0. The molecular weight excluding hydrogens is 216 g/mol. The number of hydrogen-bond donors (Lipinski definition) is 0. The first kappa shape index (κ1) is 9.98. The highest BCUT2D eigenvalue weighted by molar-refractivity contribution is 8.00. The van der Waals surface area contributed by atoms with Gasteiger partial charge in [0.05, 0.1) is 12.2 Å². The van der Waals surface area contributed by atoms with E-state index in [1.807, 2.05) is 11.2 Å². The average Bonchev–Trinajstić information content (AvgIpc) is 2.58. The van der Waals surface area contributed by atoms with Crippen LogP contribution in [-0.4, -0.2) is 28.6 Å². The fraction of sp³-hybridized carbons (Fsp3) is 0.556. The second-order valence-corrected chi connectivity index (χ2v) is 5.38. The molecule has 5 heteroatoms. The molecule has 1 aliphatic rings. The van der Waals surface area contributed by atoms with Crippen LogP contribution in [0.4, 0.5) is 0 Å². The number of nitrogens with zero attached hydrogens (tertiary/aromatic N) is 2. The second-order valence-electron chi connectivity index (χ2n) is 3.24. The van der Waals surface area contributed by atoms with Gasteiger partial charge >= 0.3 is 0 Å². The monoisotopic (exact) mass is 228 g/mol. The molecule has 14 heavy (non-hydrogen) atoms. The lowest BCUT2D eigenvalue weighted by atomic mass is 10.2. The second kappa shape index (κ2) is 3.90. The number of thioether (sulfide) groups is 1. The molecule has 0 bridgehead atoms. The van der Waals surface area contributed by atoms with E-state index in [1.165, 1.54) is 10.6 Å². The number of amides is 1. The van der Waals surface area contributed by atoms with E-state index in [4.69, 9.17) is 0 Å². The molecule has 0 unspecified atom stereocenters. The molecule has 0 spiro atoms. The maximum atomic E-state index is 11.2. The SMILES string of the molecule is CSc1nc2c(s1)CN(C(C)=O)CC2. The zero-order valence-corrected chi connectivity index (χ0v) is 9.87. The summed E-state index contributed by atoms with van der Waals surface area (Å²) in [5.41, 5.74) is 1.19. The van der Waals surface area contributed by atoms with E-state index < -0.39 is 0 Å². The van der Waals surface area contributed by atoms with Crippen molar-refractivity contribution in [3.63, 3.8) is 0 Å². The molecule has 2 rings (SSSR count). The summed E-state index contributed by atoms with van der Waals surface area (Å²) in [4.78, 5) is 18.8.